The quantitative estimate of drug-likeness (QED) is 0.823. The molecule has 3 N–H and O–H groups in total. The van der Waals surface area contributed by atoms with E-state index in [1.165, 1.54) is 6.07 Å². The topological polar surface area (TPSA) is 50.9 Å². The minimum Gasteiger partial charge on any atom is -0.395 e. The molecule has 1 heterocycles. The van der Waals surface area contributed by atoms with Crippen molar-refractivity contribution < 1.29 is 4.39 Å². The van der Waals surface area contributed by atoms with Crippen LogP contribution in [0.15, 0.2) is 29.8 Å². The Bertz CT molecular complexity index is 508. The van der Waals surface area contributed by atoms with E-state index in [0.29, 0.717) is 5.69 Å². The standard InChI is InChI=1S/C12H14FN3S/c1-12(2,11-15-6-7-17-11)16-9-5-3-4-8(13)10(9)14/h3-7,16H,14H2,1-2H3. The molecule has 0 aliphatic rings. The van der Waals surface area contributed by atoms with Gasteiger partial charge in [0.15, 0.2) is 0 Å². The highest BCUT2D eigenvalue weighted by molar-refractivity contribution is 7.09. The van der Waals surface area contributed by atoms with Gasteiger partial charge in [-0.15, -0.1) is 11.3 Å². The highest BCUT2D eigenvalue weighted by atomic mass is 32.1. The Kier molecular flexibility index (Phi) is 3.02. The second kappa shape index (κ2) is 4.33. The summed E-state index contributed by atoms with van der Waals surface area (Å²) in [5.74, 6) is -0.412. The van der Waals surface area contributed by atoms with E-state index in [9.17, 15) is 4.39 Å². The second-order valence-corrected chi connectivity index (χ2v) is 5.18. The summed E-state index contributed by atoms with van der Waals surface area (Å²) < 4.78 is 13.3. The number of rotatable bonds is 3. The van der Waals surface area contributed by atoms with Crippen LogP contribution in [0.2, 0.25) is 0 Å². The molecule has 0 aliphatic heterocycles. The van der Waals surface area contributed by atoms with E-state index in [0.717, 1.165) is 5.01 Å². The van der Waals surface area contributed by atoms with Crippen LogP contribution in [-0.4, -0.2) is 4.98 Å². The van der Waals surface area contributed by atoms with Crippen LogP contribution in [0.1, 0.15) is 18.9 Å². The summed E-state index contributed by atoms with van der Waals surface area (Å²) in [6.45, 7) is 3.96. The summed E-state index contributed by atoms with van der Waals surface area (Å²) in [6.07, 6.45) is 1.75. The number of nitrogen functional groups attached to an aromatic ring is 1. The van der Waals surface area contributed by atoms with E-state index in [1.807, 2.05) is 19.2 Å². The number of anilines is 2. The average molecular weight is 251 g/mol. The minimum atomic E-state index is -0.412. The Balaban J connectivity index is 2.29. The maximum absolute atomic E-state index is 13.3. The van der Waals surface area contributed by atoms with Crippen molar-refractivity contribution in [1.29, 1.82) is 0 Å². The van der Waals surface area contributed by atoms with Crippen LogP contribution >= 0.6 is 11.3 Å². The number of nitrogens with one attached hydrogen (secondary N) is 1. The van der Waals surface area contributed by atoms with Crippen molar-refractivity contribution in [2.45, 2.75) is 19.4 Å². The van der Waals surface area contributed by atoms with Crippen LogP contribution < -0.4 is 11.1 Å². The molecule has 0 atom stereocenters. The van der Waals surface area contributed by atoms with E-state index in [2.05, 4.69) is 10.3 Å². The van der Waals surface area contributed by atoms with Gasteiger partial charge in [-0.3, -0.25) is 0 Å². The molecule has 0 radical (unpaired) electrons. The molecule has 0 saturated carbocycles. The van der Waals surface area contributed by atoms with Crippen molar-refractivity contribution >= 4 is 22.7 Å². The van der Waals surface area contributed by atoms with Gasteiger partial charge in [-0.1, -0.05) is 6.07 Å². The van der Waals surface area contributed by atoms with Gasteiger partial charge >= 0.3 is 0 Å². The van der Waals surface area contributed by atoms with Crippen molar-refractivity contribution in [3.63, 3.8) is 0 Å². The van der Waals surface area contributed by atoms with Crippen molar-refractivity contribution in [2.75, 3.05) is 11.1 Å². The number of thiazole rings is 1. The van der Waals surface area contributed by atoms with Crippen LogP contribution in [0, 0.1) is 5.82 Å². The molecule has 2 aromatic rings. The lowest BCUT2D eigenvalue weighted by molar-refractivity contribution is 0.601. The predicted molar refractivity (Wildman–Crippen MR) is 69.6 cm³/mol. The van der Waals surface area contributed by atoms with Crippen LogP contribution in [0.3, 0.4) is 0 Å². The van der Waals surface area contributed by atoms with Gasteiger partial charge in [0.2, 0.25) is 0 Å². The maximum atomic E-state index is 13.3. The Morgan fingerprint density at radius 3 is 2.82 bits per heavy atom. The molecule has 0 bridgehead atoms. The summed E-state index contributed by atoms with van der Waals surface area (Å²) >= 11 is 1.55. The first-order valence-electron chi connectivity index (χ1n) is 5.23. The van der Waals surface area contributed by atoms with Crippen molar-refractivity contribution in [3.05, 3.63) is 40.6 Å². The smallest absolute Gasteiger partial charge is 0.148 e. The molecule has 0 unspecified atom stereocenters. The predicted octanol–water partition coefficient (Wildman–Crippen LogP) is 3.21. The van der Waals surface area contributed by atoms with Crippen molar-refractivity contribution in [3.8, 4) is 0 Å². The highest BCUT2D eigenvalue weighted by Gasteiger charge is 2.24. The number of benzene rings is 1. The van der Waals surface area contributed by atoms with Gasteiger partial charge in [-0.25, -0.2) is 9.37 Å². The number of halogens is 1. The zero-order valence-electron chi connectivity index (χ0n) is 9.70. The summed E-state index contributed by atoms with van der Waals surface area (Å²) in [6, 6.07) is 4.73. The normalized spacial score (nSPS) is 11.5. The molecule has 5 heteroatoms. The fourth-order valence-electron chi connectivity index (χ4n) is 1.57. The van der Waals surface area contributed by atoms with Crippen LogP contribution in [0.25, 0.3) is 0 Å². The maximum Gasteiger partial charge on any atom is 0.148 e. The average Bonchev–Trinajstić information content (AvgIpc) is 2.78. The molecule has 90 valence electrons. The van der Waals surface area contributed by atoms with Crippen molar-refractivity contribution in [2.24, 2.45) is 0 Å². The lowest BCUT2D eigenvalue weighted by Gasteiger charge is -2.26. The van der Waals surface area contributed by atoms with Gasteiger partial charge in [-0.2, -0.15) is 0 Å². The van der Waals surface area contributed by atoms with Gasteiger partial charge in [-0.05, 0) is 26.0 Å². The third kappa shape index (κ3) is 2.39. The van der Waals surface area contributed by atoms with Crippen molar-refractivity contribution in [1.82, 2.24) is 4.98 Å². The minimum absolute atomic E-state index is 0.136. The van der Waals surface area contributed by atoms with Crippen LogP contribution in [0.4, 0.5) is 15.8 Å². The molecule has 0 amide bonds. The zero-order valence-corrected chi connectivity index (χ0v) is 10.5. The van der Waals surface area contributed by atoms with Gasteiger partial charge in [0.05, 0.1) is 16.9 Å². The van der Waals surface area contributed by atoms with Gasteiger partial charge in [0.25, 0.3) is 0 Å². The number of hydrogen-bond donors (Lipinski definition) is 2. The summed E-state index contributed by atoms with van der Waals surface area (Å²) in [5.41, 5.74) is 6.03. The molecule has 0 saturated heterocycles. The molecule has 3 nitrogen and oxygen atoms in total. The fraction of sp³-hybridized carbons (Fsp3) is 0.250. The molecule has 0 aliphatic carbocycles. The third-order valence-electron chi connectivity index (χ3n) is 2.47. The second-order valence-electron chi connectivity index (χ2n) is 4.29. The van der Waals surface area contributed by atoms with E-state index in [1.54, 1.807) is 29.7 Å². The van der Waals surface area contributed by atoms with Crippen LogP contribution in [-0.2, 0) is 5.54 Å². The molecular formula is C12H14FN3S. The van der Waals surface area contributed by atoms with Gasteiger partial charge in [0, 0.05) is 11.6 Å². The SMILES string of the molecule is CC(C)(Nc1cccc(F)c1N)c1nccs1. The Morgan fingerprint density at radius 2 is 2.18 bits per heavy atom. The molecule has 1 aromatic heterocycles. The third-order valence-corrected chi connectivity index (χ3v) is 3.56. The summed E-state index contributed by atoms with van der Waals surface area (Å²) in [7, 11) is 0. The number of nitrogens with zero attached hydrogens (tertiary/aromatic N) is 1. The van der Waals surface area contributed by atoms with Gasteiger partial charge < -0.3 is 11.1 Å². The molecule has 2 rings (SSSR count). The number of aromatic nitrogens is 1. The zero-order chi connectivity index (χ0) is 12.5. The highest BCUT2D eigenvalue weighted by Crippen LogP contribution is 2.30. The molecule has 17 heavy (non-hydrogen) atoms. The summed E-state index contributed by atoms with van der Waals surface area (Å²) in [4.78, 5) is 4.26. The van der Waals surface area contributed by atoms with E-state index >= 15 is 0 Å². The Morgan fingerprint density at radius 1 is 1.41 bits per heavy atom. The van der Waals surface area contributed by atoms with E-state index in [4.69, 9.17) is 5.73 Å². The summed E-state index contributed by atoms with van der Waals surface area (Å²) in [5, 5.41) is 6.05. The Hall–Kier alpha value is -1.62. The van der Waals surface area contributed by atoms with E-state index < -0.39 is 5.82 Å². The first kappa shape index (κ1) is 11.9. The first-order chi connectivity index (χ1) is 8.00. The first-order valence-corrected chi connectivity index (χ1v) is 6.11. The Labute approximate surface area is 103 Å². The lowest BCUT2D eigenvalue weighted by Crippen LogP contribution is -2.28. The lowest BCUT2D eigenvalue weighted by atomic mass is 10.1. The number of hydrogen-bond acceptors (Lipinski definition) is 4. The molecule has 0 spiro atoms. The fourth-order valence-corrected chi connectivity index (χ4v) is 2.29. The van der Waals surface area contributed by atoms with E-state index in [-0.39, 0.29) is 11.2 Å². The largest absolute Gasteiger partial charge is 0.395 e. The number of nitrogens with two attached hydrogens (primary N) is 1. The van der Waals surface area contributed by atoms with Gasteiger partial charge in [0.1, 0.15) is 10.8 Å². The number of para-hydroxylation sites is 1. The molecule has 0 fully saturated rings. The molecule has 1 aromatic carbocycles. The monoisotopic (exact) mass is 251 g/mol. The molecular weight excluding hydrogens is 237 g/mol. The van der Waals surface area contributed by atoms with Crippen LogP contribution in [0.5, 0.6) is 0 Å².